The molecule has 7 aromatic rings. The first-order chi connectivity index (χ1) is 23.2. The molecule has 1 aromatic heterocycles. The van der Waals surface area contributed by atoms with E-state index in [0.29, 0.717) is 11.4 Å². The molecule has 8 rings (SSSR count). The topological polar surface area (TPSA) is 61.1 Å². The monoisotopic (exact) mass is 602 g/mol. The first kappa shape index (κ1) is 28.1. The van der Waals surface area contributed by atoms with Gasteiger partial charge < -0.3 is 0 Å². The van der Waals surface area contributed by atoms with E-state index in [9.17, 15) is 0 Å². The number of benzene rings is 6. The van der Waals surface area contributed by atoms with Gasteiger partial charge >= 0.3 is 0 Å². The number of hydrazone groups is 1. The molecule has 1 heterocycles. The molecule has 1 aliphatic rings. The highest BCUT2D eigenvalue weighted by Gasteiger charge is 2.17. The van der Waals surface area contributed by atoms with Crippen LogP contribution in [-0.4, -0.2) is 16.4 Å². The summed E-state index contributed by atoms with van der Waals surface area (Å²) in [5.41, 5.74) is 14.0. The minimum atomic E-state index is 0.362. The summed E-state index contributed by atoms with van der Waals surface area (Å²) in [6, 6.07) is 48.9. The second kappa shape index (κ2) is 12.2. The van der Waals surface area contributed by atoms with Gasteiger partial charge in [-0.15, -0.1) is 0 Å². The van der Waals surface area contributed by atoms with Gasteiger partial charge in [0, 0.05) is 12.4 Å². The van der Waals surface area contributed by atoms with Crippen LogP contribution in [0.25, 0.3) is 60.5 Å². The predicted octanol–water partition coefficient (Wildman–Crippen LogP) is 10.8. The molecule has 0 atom stereocenters. The fourth-order valence-electron chi connectivity index (χ4n) is 6.38. The summed E-state index contributed by atoms with van der Waals surface area (Å²) in [4.78, 5) is 4.21. The molecule has 0 unspecified atom stereocenters. The fourth-order valence-corrected chi connectivity index (χ4v) is 6.38. The number of fused-ring (bicyclic) bond motifs is 2. The summed E-state index contributed by atoms with van der Waals surface area (Å²) in [6.45, 7) is 0. The second-order valence-electron chi connectivity index (χ2n) is 11.6. The molecule has 0 spiro atoms. The maximum Gasteiger partial charge on any atom is 0.109 e. The van der Waals surface area contributed by atoms with E-state index < -0.39 is 0 Å². The molecule has 4 nitrogen and oxygen atoms in total. The Balaban J connectivity index is 1.12. The van der Waals surface area contributed by atoms with Gasteiger partial charge in [-0.25, -0.2) is 0 Å². The quantitative estimate of drug-likeness (QED) is 0.113. The Labute approximate surface area is 273 Å². The SMILES string of the molecule is N=C1C=CC(c2ccc(-c3c4ccccc4c(-c4ccccc4)c4ccccc34)cc2)=C/C1=N/Nc1ccc(-c2cccnc2)cc1. The molecule has 0 bridgehead atoms. The highest BCUT2D eigenvalue weighted by atomic mass is 15.3. The van der Waals surface area contributed by atoms with Crippen molar-refractivity contribution in [3.63, 3.8) is 0 Å². The van der Waals surface area contributed by atoms with Crippen LogP contribution in [0, 0.1) is 5.41 Å². The highest BCUT2D eigenvalue weighted by Crippen LogP contribution is 2.43. The molecule has 222 valence electrons. The molecular weight excluding hydrogens is 573 g/mol. The van der Waals surface area contributed by atoms with E-state index in [4.69, 9.17) is 5.41 Å². The van der Waals surface area contributed by atoms with Crippen LogP contribution < -0.4 is 5.43 Å². The summed E-state index contributed by atoms with van der Waals surface area (Å²) >= 11 is 0. The number of rotatable bonds is 6. The van der Waals surface area contributed by atoms with Gasteiger partial charge in [0.15, 0.2) is 0 Å². The molecule has 0 fully saturated rings. The number of pyridine rings is 1. The van der Waals surface area contributed by atoms with Crippen molar-refractivity contribution < 1.29 is 0 Å². The minimum absolute atomic E-state index is 0.362. The summed E-state index contributed by atoms with van der Waals surface area (Å²) < 4.78 is 0. The molecule has 4 heteroatoms. The lowest BCUT2D eigenvalue weighted by Crippen LogP contribution is -2.13. The Hall–Kier alpha value is -6.39. The average Bonchev–Trinajstić information content (AvgIpc) is 3.14. The van der Waals surface area contributed by atoms with Crippen LogP contribution >= 0.6 is 0 Å². The number of anilines is 1. The van der Waals surface area contributed by atoms with Crippen LogP contribution in [0.1, 0.15) is 5.56 Å². The van der Waals surface area contributed by atoms with Gasteiger partial charge in [-0.05, 0) is 96.4 Å². The van der Waals surface area contributed by atoms with Crippen molar-refractivity contribution in [1.29, 1.82) is 5.41 Å². The molecule has 2 N–H and O–H groups in total. The fraction of sp³-hybridized carbons (Fsp3) is 0. The third-order valence-corrected chi connectivity index (χ3v) is 8.68. The molecule has 47 heavy (non-hydrogen) atoms. The Kier molecular flexibility index (Phi) is 7.29. The van der Waals surface area contributed by atoms with Crippen LogP contribution in [0.5, 0.6) is 0 Å². The zero-order valence-electron chi connectivity index (χ0n) is 25.6. The Morgan fingerprint density at radius 1 is 0.489 bits per heavy atom. The van der Waals surface area contributed by atoms with E-state index in [-0.39, 0.29) is 0 Å². The van der Waals surface area contributed by atoms with Gasteiger partial charge in [-0.3, -0.25) is 15.8 Å². The standard InChI is InChI=1S/C43H30N4/c44-40-25-22-33(27-41(40)47-46-35-23-20-30(21-24-35)34-11-8-26-45-28-34)29-16-18-32(19-17-29)43-38-14-6-4-12-36(38)42(31-9-2-1-3-10-31)37-13-5-7-15-39(37)43/h1-28,44,46H/b44-40?,47-41-. The van der Waals surface area contributed by atoms with Gasteiger partial charge in [-0.1, -0.05) is 127 Å². The molecular formula is C43H30N4. The highest BCUT2D eigenvalue weighted by molar-refractivity contribution is 6.51. The van der Waals surface area contributed by atoms with Crippen molar-refractivity contribution >= 4 is 44.2 Å². The average molecular weight is 603 g/mol. The van der Waals surface area contributed by atoms with E-state index >= 15 is 0 Å². The number of hydrogen-bond acceptors (Lipinski definition) is 4. The number of allylic oxidation sites excluding steroid dienone is 4. The van der Waals surface area contributed by atoms with E-state index in [2.05, 4.69) is 119 Å². The number of aromatic nitrogens is 1. The Morgan fingerprint density at radius 3 is 1.62 bits per heavy atom. The summed E-state index contributed by atoms with van der Waals surface area (Å²) in [6.07, 6.45) is 9.38. The predicted molar refractivity (Wildman–Crippen MR) is 198 cm³/mol. The van der Waals surface area contributed by atoms with Gasteiger partial charge in [0.1, 0.15) is 5.71 Å². The third kappa shape index (κ3) is 5.43. The van der Waals surface area contributed by atoms with Crippen molar-refractivity contribution in [3.8, 4) is 33.4 Å². The number of nitrogens with zero attached hydrogens (tertiary/aromatic N) is 2. The lowest BCUT2D eigenvalue weighted by molar-refractivity contribution is 1.32. The van der Waals surface area contributed by atoms with Crippen molar-refractivity contribution in [2.75, 3.05) is 5.43 Å². The van der Waals surface area contributed by atoms with Gasteiger partial charge in [0.25, 0.3) is 0 Å². The van der Waals surface area contributed by atoms with E-state index in [0.717, 1.165) is 28.0 Å². The Bertz CT molecular complexity index is 2290. The molecule has 0 saturated heterocycles. The summed E-state index contributed by atoms with van der Waals surface area (Å²) in [5.74, 6) is 0. The maximum atomic E-state index is 8.48. The summed E-state index contributed by atoms with van der Waals surface area (Å²) in [5, 5.41) is 18.0. The van der Waals surface area contributed by atoms with E-state index in [1.807, 2.05) is 54.7 Å². The van der Waals surface area contributed by atoms with Crippen LogP contribution in [-0.2, 0) is 0 Å². The molecule has 0 amide bonds. The second-order valence-corrected chi connectivity index (χ2v) is 11.6. The number of nitrogens with one attached hydrogen (secondary N) is 2. The van der Waals surface area contributed by atoms with Crippen molar-refractivity contribution in [2.45, 2.75) is 0 Å². The molecule has 0 radical (unpaired) electrons. The molecule has 0 saturated carbocycles. The third-order valence-electron chi connectivity index (χ3n) is 8.68. The first-order valence-electron chi connectivity index (χ1n) is 15.7. The largest absolute Gasteiger partial charge is 0.299 e. The molecule has 1 aliphatic carbocycles. The van der Waals surface area contributed by atoms with E-state index in [1.165, 1.54) is 43.8 Å². The minimum Gasteiger partial charge on any atom is -0.299 e. The van der Waals surface area contributed by atoms with Gasteiger partial charge in [0.2, 0.25) is 0 Å². The van der Waals surface area contributed by atoms with Crippen LogP contribution in [0.2, 0.25) is 0 Å². The molecule has 0 aliphatic heterocycles. The Morgan fingerprint density at radius 2 is 1.02 bits per heavy atom. The van der Waals surface area contributed by atoms with Gasteiger partial charge in [0.05, 0.1) is 11.4 Å². The normalized spacial score (nSPS) is 13.7. The van der Waals surface area contributed by atoms with Gasteiger partial charge in [-0.2, -0.15) is 5.10 Å². The lowest BCUT2D eigenvalue weighted by atomic mass is 9.85. The van der Waals surface area contributed by atoms with Crippen LogP contribution in [0.4, 0.5) is 5.69 Å². The zero-order valence-corrected chi connectivity index (χ0v) is 25.6. The lowest BCUT2D eigenvalue weighted by Gasteiger charge is -2.18. The maximum absolute atomic E-state index is 8.48. The summed E-state index contributed by atoms with van der Waals surface area (Å²) in [7, 11) is 0. The zero-order chi connectivity index (χ0) is 31.6. The van der Waals surface area contributed by atoms with Crippen LogP contribution in [0.3, 0.4) is 0 Å². The van der Waals surface area contributed by atoms with E-state index in [1.54, 1.807) is 12.3 Å². The van der Waals surface area contributed by atoms with Crippen LogP contribution in [0.15, 0.2) is 175 Å². The van der Waals surface area contributed by atoms with Crippen molar-refractivity contribution in [2.24, 2.45) is 5.10 Å². The molecule has 6 aromatic carbocycles. The van der Waals surface area contributed by atoms with Crippen molar-refractivity contribution in [1.82, 2.24) is 4.98 Å². The smallest absolute Gasteiger partial charge is 0.109 e. The first-order valence-corrected chi connectivity index (χ1v) is 15.7. The van der Waals surface area contributed by atoms with Crippen molar-refractivity contribution in [3.05, 3.63) is 176 Å². The number of hydrogen-bond donors (Lipinski definition) is 2.